The van der Waals surface area contributed by atoms with Gasteiger partial charge in [-0.05, 0) is 36.8 Å². The molecule has 8 heteroatoms. The van der Waals surface area contributed by atoms with Crippen molar-refractivity contribution < 1.29 is 18.0 Å². The van der Waals surface area contributed by atoms with E-state index in [0.29, 0.717) is 17.8 Å². The average molecular weight is 368 g/mol. The highest BCUT2D eigenvalue weighted by molar-refractivity contribution is 6.30. The maximum Gasteiger partial charge on any atom is 0.418 e. The van der Waals surface area contributed by atoms with E-state index < -0.39 is 17.6 Å². The summed E-state index contributed by atoms with van der Waals surface area (Å²) >= 11 is 5.66. The monoisotopic (exact) mass is 367 g/mol. The maximum absolute atomic E-state index is 13.2. The number of carbonyl (C=O) groups excluding carboxylic acids is 1. The van der Waals surface area contributed by atoms with Gasteiger partial charge in [-0.3, -0.25) is 9.20 Å². The summed E-state index contributed by atoms with van der Waals surface area (Å²) < 4.78 is 41.1. The van der Waals surface area contributed by atoms with E-state index in [0.717, 1.165) is 12.1 Å². The zero-order chi connectivity index (χ0) is 18.2. The zero-order valence-corrected chi connectivity index (χ0v) is 13.8. The van der Waals surface area contributed by atoms with Crippen LogP contribution < -0.4 is 5.32 Å². The number of amides is 1. The number of nitrogens with zero attached hydrogens (tertiary/aromatic N) is 2. The van der Waals surface area contributed by atoms with Crippen LogP contribution in [0.1, 0.15) is 28.7 Å². The van der Waals surface area contributed by atoms with Crippen molar-refractivity contribution in [3.63, 3.8) is 0 Å². The number of hydrogen-bond donors (Lipinski definition) is 1. The van der Waals surface area contributed by atoms with Crippen molar-refractivity contribution in [2.24, 2.45) is 0 Å². The van der Waals surface area contributed by atoms with E-state index in [-0.39, 0.29) is 16.4 Å². The summed E-state index contributed by atoms with van der Waals surface area (Å²) in [6, 6.07) is 8.42. The number of carbonyl (C=O) groups is 1. The largest absolute Gasteiger partial charge is 0.418 e. The Morgan fingerprint density at radius 1 is 1.28 bits per heavy atom. The van der Waals surface area contributed by atoms with Gasteiger partial charge in [-0.1, -0.05) is 24.6 Å². The van der Waals surface area contributed by atoms with Crippen LogP contribution in [0.25, 0.3) is 5.65 Å². The number of rotatable bonds is 3. The molecule has 2 heterocycles. The Morgan fingerprint density at radius 3 is 2.72 bits per heavy atom. The van der Waals surface area contributed by atoms with E-state index in [1.165, 1.54) is 6.07 Å². The van der Waals surface area contributed by atoms with Gasteiger partial charge in [-0.15, -0.1) is 0 Å². The number of alkyl halides is 3. The number of pyridine rings is 1. The van der Waals surface area contributed by atoms with E-state index in [1.54, 1.807) is 28.8 Å². The number of aromatic nitrogens is 2. The minimum atomic E-state index is -4.64. The molecule has 0 saturated heterocycles. The van der Waals surface area contributed by atoms with Crippen molar-refractivity contribution in [2.45, 2.75) is 19.5 Å². The Hall–Kier alpha value is -2.54. The summed E-state index contributed by atoms with van der Waals surface area (Å²) in [5.41, 5.74) is -0.0842. The fraction of sp³-hybridized carbons (Fsp3) is 0.176. The number of anilines is 1. The van der Waals surface area contributed by atoms with Gasteiger partial charge < -0.3 is 5.32 Å². The summed E-state index contributed by atoms with van der Waals surface area (Å²) in [4.78, 5) is 17.0. The molecule has 130 valence electrons. The minimum absolute atomic E-state index is 0.0608. The van der Waals surface area contributed by atoms with Gasteiger partial charge in [0.15, 0.2) is 0 Å². The molecule has 0 aliphatic carbocycles. The highest BCUT2D eigenvalue weighted by Crippen LogP contribution is 2.36. The van der Waals surface area contributed by atoms with Crippen molar-refractivity contribution in [2.75, 3.05) is 5.32 Å². The number of aryl methyl sites for hydroxylation is 1. The van der Waals surface area contributed by atoms with Crippen LogP contribution in [0.4, 0.5) is 18.9 Å². The Labute approximate surface area is 146 Å². The van der Waals surface area contributed by atoms with Crippen molar-refractivity contribution in [3.8, 4) is 0 Å². The van der Waals surface area contributed by atoms with E-state index in [4.69, 9.17) is 11.6 Å². The molecule has 0 radical (unpaired) electrons. The van der Waals surface area contributed by atoms with Gasteiger partial charge in [-0.2, -0.15) is 13.2 Å². The molecule has 0 spiro atoms. The van der Waals surface area contributed by atoms with Crippen molar-refractivity contribution in [1.82, 2.24) is 9.38 Å². The molecular weight excluding hydrogens is 355 g/mol. The molecule has 4 nitrogen and oxygen atoms in total. The molecule has 0 fully saturated rings. The van der Waals surface area contributed by atoms with Crippen LogP contribution in [-0.4, -0.2) is 15.3 Å². The molecule has 1 amide bonds. The molecule has 0 unspecified atom stereocenters. The fourth-order valence-corrected chi connectivity index (χ4v) is 2.75. The highest BCUT2D eigenvalue weighted by Gasteiger charge is 2.34. The van der Waals surface area contributed by atoms with Crippen molar-refractivity contribution >= 4 is 28.8 Å². The summed E-state index contributed by atoms with van der Waals surface area (Å²) in [5.74, 6) is -0.664. The van der Waals surface area contributed by atoms with Crippen LogP contribution in [0.15, 0.2) is 42.6 Å². The van der Waals surface area contributed by atoms with Crippen molar-refractivity contribution in [3.05, 3.63) is 64.6 Å². The summed E-state index contributed by atoms with van der Waals surface area (Å²) in [6.07, 6.45) is -2.53. The zero-order valence-electron chi connectivity index (χ0n) is 13.1. The lowest BCUT2D eigenvalue weighted by atomic mass is 10.1. The third kappa shape index (κ3) is 3.32. The first kappa shape index (κ1) is 17.3. The molecule has 0 bridgehead atoms. The predicted molar refractivity (Wildman–Crippen MR) is 89.0 cm³/mol. The SMILES string of the molecule is CCc1nc2ccccn2c1C(=O)Nc1ccc(Cl)cc1C(F)(F)F. The summed E-state index contributed by atoms with van der Waals surface area (Å²) in [5, 5.41) is 2.27. The molecule has 2 aromatic heterocycles. The number of halogens is 4. The van der Waals surface area contributed by atoms with Crippen LogP contribution >= 0.6 is 11.6 Å². The lowest BCUT2D eigenvalue weighted by Crippen LogP contribution is -2.19. The molecule has 3 aromatic rings. The van der Waals surface area contributed by atoms with E-state index in [2.05, 4.69) is 10.3 Å². The van der Waals surface area contributed by atoms with Gasteiger partial charge in [0, 0.05) is 11.2 Å². The van der Waals surface area contributed by atoms with Crippen LogP contribution in [0.2, 0.25) is 5.02 Å². The molecule has 1 aromatic carbocycles. The topological polar surface area (TPSA) is 46.4 Å². The first-order valence-corrected chi connectivity index (χ1v) is 7.83. The average Bonchev–Trinajstić information content (AvgIpc) is 2.94. The van der Waals surface area contributed by atoms with Gasteiger partial charge in [-0.25, -0.2) is 4.98 Å². The van der Waals surface area contributed by atoms with Gasteiger partial charge in [0.1, 0.15) is 11.3 Å². The van der Waals surface area contributed by atoms with Gasteiger partial charge in [0.2, 0.25) is 0 Å². The summed E-state index contributed by atoms with van der Waals surface area (Å²) in [7, 11) is 0. The number of benzene rings is 1. The lowest BCUT2D eigenvalue weighted by molar-refractivity contribution is -0.136. The third-order valence-corrected chi connectivity index (χ3v) is 3.92. The molecule has 0 aliphatic rings. The van der Waals surface area contributed by atoms with Crippen LogP contribution in [-0.2, 0) is 12.6 Å². The molecule has 1 N–H and O–H groups in total. The highest BCUT2D eigenvalue weighted by atomic mass is 35.5. The van der Waals surface area contributed by atoms with Crippen molar-refractivity contribution in [1.29, 1.82) is 0 Å². The molecule has 25 heavy (non-hydrogen) atoms. The van der Waals surface area contributed by atoms with Crippen LogP contribution in [0.5, 0.6) is 0 Å². The normalized spacial score (nSPS) is 11.7. The Morgan fingerprint density at radius 2 is 2.04 bits per heavy atom. The standard InChI is InChI=1S/C17H13ClF3N3O/c1-2-12-15(24-8-4-3-5-14(24)22-12)16(25)23-13-7-6-10(18)9-11(13)17(19,20)21/h3-9H,2H2,1H3,(H,23,25). The number of hydrogen-bond acceptors (Lipinski definition) is 2. The van der Waals surface area contributed by atoms with Gasteiger partial charge in [0.05, 0.1) is 16.9 Å². The second-order valence-corrected chi connectivity index (χ2v) is 5.77. The fourth-order valence-electron chi connectivity index (χ4n) is 2.57. The Bertz CT molecular complexity index is 950. The molecule has 0 atom stereocenters. The van der Waals surface area contributed by atoms with E-state index in [9.17, 15) is 18.0 Å². The molecule has 0 saturated carbocycles. The lowest BCUT2D eigenvalue weighted by Gasteiger charge is -2.14. The second kappa shape index (κ2) is 6.40. The number of nitrogens with one attached hydrogen (secondary N) is 1. The van der Waals surface area contributed by atoms with Crippen LogP contribution in [0, 0.1) is 0 Å². The number of fused-ring (bicyclic) bond motifs is 1. The van der Waals surface area contributed by atoms with E-state index >= 15 is 0 Å². The Kier molecular flexibility index (Phi) is 4.43. The first-order chi connectivity index (χ1) is 11.8. The second-order valence-electron chi connectivity index (χ2n) is 5.33. The molecule has 3 rings (SSSR count). The summed E-state index contributed by atoms with van der Waals surface area (Å²) in [6.45, 7) is 1.82. The predicted octanol–water partition coefficient (Wildman–Crippen LogP) is 4.82. The first-order valence-electron chi connectivity index (χ1n) is 7.45. The van der Waals surface area contributed by atoms with E-state index in [1.807, 2.05) is 6.92 Å². The smallest absolute Gasteiger partial charge is 0.320 e. The van der Waals surface area contributed by atoms with Gasteiger partial charge >= 0.3 is 6.18 Å². The Balaban J connectivity index is 2.05. The van der Waals surface area contributed by atoms with Gasteiger partial charge in [0.25, 0.3) is 5.91 Å². The quantitative estimate of drug-likeness (QED) is 0.721. The third-order valence-electron chi connectivity index (χ3n) is 3.69. The maximum atomic E-state index is 13.2. The number of imidazole rings is 1. The minimum Gasteiger partial charge on any atom is -0.320 e. The molecule has 0 aliphatic heterocycles. The molecular formula is C17H13ClF3N3O. The van der Waals surface area contributed by atoms with Crippen LogP contribution in [0.3, 0.4) is 0 Å².